The SMILES string of the molecule is CCN(CC1=C(c2ccccc2)S(=O)(=O)NC12CCCC2)C(=O)C(CCCc1ccccc1)NC(=O)C(C)(C)N. The summed E-state index contributed by atoms with van der Waals surface area (Å²) in [6.45, 7) is 5.65. The third kappa shape index (κ3) is 6.65. The molecule has 2 aromatic carbocycles. The van der Waals surface area contributed by atoms with E-state index in [2.05, 4.69) is 10.0 Å². The lowest BCUT2D eigenvalue weighted by Gasteiger charge is -2.33. The first kappa shape index (κ1) is 30.0. The highest BCUT2D eigenvalue weighted by Gasteiger charge is 2.50. The van der Waals surface area contributed by atoms with Gasteiger partial charge in [-0.1, -0.05) is 73.5 Å². The maximum Gasteiger partial charge on any atom is 0.245 e. The van der Waals surface area contributed by atoms with E-state index in [1.54, 1.807) is 30.9 Å². The lowest BCUT2D eigenvalue weighted by molar-refractivity contribution is -0.137. The van der Waals surface area contributed by atoms with Crippen LogP contribution in [0.15, 0.2) is 66.2 Å². The van der Waals surface area contributed by atoms with Gasteiger partial charge in [0, 0.05) is 13.1 Å². The standard InChI is InChI=1S/C31H42N4O4S/c1-4-35(28(36)26(33-29(37)30(2,3)32)19-13-16-23-14-7-5-8-15-23)22-25-27(24-17-9-6-10-18-24)40(38,39)34-31(25)20-11-12-21-31/h5-10,14-15,17-18,26,34H,4,11-13,16,19-22,32H2,1-3H3,(H,33,37). The molecule has 1 fully saturated rings. The predicted molar refractivity (Wildman–Crippen MR) is 158 cm³/mol. The molecule has 0 radical (unpaired) electrons. The van der Waals surface area contributed by atoms with E-state index in [1.165, 1.54) is 0 Å². The fourth-order valence-corrected chi connectivity index (χ4v) is 7.76. The second-order valence-electron chi connectivity index (χ2n) is 11.5. The second-order valence-corrected chi connectivity index (χ2v) is 13.2. The van der Waals surface area contributed by atoms with Crippen molar-refractivity contribution in [3.63, 3.8) is 0 Å². The van der Waals surface area contributed by atoms with Crippen molar-refractivity contribution in [3.8, 4) is 0 Å². The Morgan fingerprint density at radius 2 is 1.65 bits per heavy atom. The van der Waals surface area contributed by atoms with E-state index in [1.807, 2.05) is 55.5 Å². The van der Waals surface area contributed by atoms with Crippen LogP contribution in [-0.2, 0) is 26.0 Å². The van der Waals surface area contributed by atoms with Gasteiger partial charge in [-0.2, -0.15) is 0 Å². The van der Waals surface area contributed by atoms with E-state index in [-0.39, 0.29) is 17.4 Å². The molecule has 1 heterocycles. The largest absolute Gasteiger partial charge is 0.343 e. The molecule has 1 aliphatic heterocycles. The zero-order chi connectivity index (χ0) is 29.0. The van der Waals surface area contributed by atoms with Gasteiger partial charge in [0.25, 0.3) is 0 Å². The van der Waals surface area contributed by atoms with E-state index < -0.39 is 33.1 Å². The molecule has 1 saturated carbocycles. The Bertz CT molecular complexity index is 1330. The van der Waals surface area contributed by atoms with Crippen molar-refractivity contribution in [2.45, 2.75) is 82.8 Å². The van der Waals surface area contributed by atoms with Crippen LogP contribution in [-0.4, -0.2) is 55.3 Å². The van der Waals surface area contributed by atoms with Crippen molar-refractivity contribution in [1.29, 1.82) is 0 Å². The summed E-state index contributed by atoms with van der Waals surface area (Å²) in [5, 5.41) is 2.90. The number of amides is 2. The molecule has 4 N–H and O–H groups in total. The van der Waals surface area contributed by atoms with E-state index in [4.69, 9.17) is 5.73 Å². The summed E-state index contributed by atoms with van der Waals surface area (Å²) in [4.78, 5) is 28.9. The topological polar surface area (TPSA) is 122 Å². The zero-order valence-corrected chi connectivity index (χ0v) is 24.6. The molecule has 4 rings (SSSR count). The van der Waals surface area contributed by atoms with Gasteiger partial charge >= 0.3 is 0 Å². The minimum atomic E-state index is -3.76. The quantitative estimate of drug-likeness (QED) is 0.383. The normalized spacial score (nSPS) is 18.6. The van der Waals surface area contributed by atoms with Crippen LogP contribution < -0.4 is 15.8 Å². The Labute approximate surface area is 238 Å². The van der Waals surface area contributed by atoms with Gasteiger partial charge in [-0.15, -0.1) is 0 Å². The van der Waals surface area contributed by atoms with Crippen molar-refractivity contribution in [2.75, 3.05) is 13.1 Å². The molecule has 0 aromatic heterocycles. The number of aryl methyl sites for hydroxylation is 1. The number of carbonyl (C=O) groups is 2. The van der Waals surface area contributed by atoms with E-state index in [9.17, 15) is 18.0 Å². The summed E-state index contributed by atoms with van der Waals surface area (Å²) >= 11 is 0. The number of sulfonamides is 1. The molecule has 8 nitrogen and oxygen atoms in total. The molecule has 9 heteroatoms. The smallest absolute Gasteiger partial charge is 0.245 e. The number of nitrogens with two attached hydrogens (primary N) is 1. The first-order valence-corrected chi connectivity index (χ1v) is 15.7. The van der Waals surface area contributed by atoms with Crippen LogP contribution in [0.2, 0.25) is 0 Å². The summed E-state index contributed by atoms with van der Waals surface area (Å²) in [6.07, 6.45) is 5.13. The minimum Gasteiger partial charge on any atom is -0.343 e. The van der Waals surface area contributed by atoms with Gasteiger partial charge in [0.1, 0.15) is 6.04 Å². The Morgan fingerprint density at radius 1 is 1.05 bits per heavy atom. The van der Waals surface area contributed by atoms with Gasteiger partial charge in [0.15, 0.2) is 0 Å². The number of rotatable bonds is 11. The van der Waals surface area contributed by atoms with Crippen molar-refractivity contribution < 1.29 is 18.0 Å². The number of likely N-dealkylation sites (N-methyl/N-ethyl adjacent to an activating group) is 1. The third-order valence-corrected chi connectivity index (χ3v) is 9.65. The van der Waals surface area contributed by atoms with Crippen molar-refractivity contribution in [2.24, 2.45) is 5.73 Å². The summed E-state index contributed by atoms with van der Waals surface area (Å²) in [5.74, 6) is -0.631. The molecule has 216 valence electrons. The number of hydrogen-bond donors (Lipinski definition) is 3. The van der Waals surface area contributed by atoms with Gasteiger partial charge in [-0.25, -0.2) is 13.1 Å². The third-order valence-electron chi connectivity index (χ3n) is 7.98. The summed E-state index contributed by atoms with van der Waals surface area (Å²) in [5.41, 5.74) is 6.74. The average Bonchev–Trinajstić information content (AvgIpc) is 3.47. The lowest BCUT2D eigenvalue weighted by atomic mass is 9.86. The van der Waals surface area contributed by atoms with Crippen LogP contribution in [0.1, 0.15) is 70.4 Å². The van der Waals surface area contributed by atoms with Crippen LogP contribution in [0.5, 0.6) is 0 Å². The second kappa shape index (κ2) is 12.2. The first-order chi connectivity index (χ1) is 19.0. The molecule has 2 aliphatic rings. The number of hydrogen-bond acceptors (Lipinski definition) is 5. The highest BCUT2D eigenvalue weighted by Crippen LogP contribution is 2.46. The molecular weight excluding hydrogens is 524 g/mol. The fraction of sp³-hybridized carbons (Fsp3) is 0.484. The molecule has 1 unspecified atom stereocenters. The van der Waals surface area contributed by atoms with E-state index in [0.29, 0.717) is 37.8 Å². The van der Waals surface area contributed by atoms with Crippen LogP contribution in [0.4, 0.5) is 0 Å². The zero-order valence-electron chi connectivity index (χ0n) is 23.8. The number of carbonyl (C=O) groups excluding carboxylic acids is 2. The molecule has 0 bridgehead atoms. The van der Waals surface area contributed by atoms with Crippen LogP contribution in [0, 0.1) is 0 Å². The maximum atomic E-state index is 14.1. The van der Waals surface area contributed by atoms with Crippen LogP contribution in [0.3, 0.4) is 0 Å². The van der Waals surface area contributed by atoms with Crippen molar-refractivity contribution >= 4 is 26.7 Å². The molecule has 2 amide bonds. The summed E-state index contributed by atoms with van der Waals surface area (Å²) in [7, 11) is -3.76. The molecule has 2 aromatic rings. The van der Waals surface area contributed by atoms with E-state index >= 15 is 0 Å². The summed E-state index contributed by atoms with van der Waals surface area (Å²) in [6, 6.07) is 18.4. The summed E-state index contributed by atoms with van der Waals surface area (Å²) < 4.78 is 30.0. The molecule has 40 heavy (non-hydrogen) atoms. The molecular formula is C31H42N4O4S. The maximum absolute atomic E-state index is 14.1. The predicted octanol–water partition coefficient (Wildman–Crippen LogP) is 3.74. The Kier molecular flexibility index (Phi) is 9.17. The Morgan fingerprint density at radius 3 is 2.23 bits per heavy atom. The van der Waals surface area contributed by atoms with Gasteiger partial charge < -0.3 is 16.0 Å². The number of nitrogens with one attached hydrogen (secondary N) is 2. The highest BCUT2D eigenvalue weighted by molar-refractivity contribution is 7.99. The number of benzene rings is 2. The molecule has 1 aliphatic carbocycles. The molecule has 1 atom stereocenters. The van der Waals surface area contributed by atoms with Crippen molar-refractivity contribution in [1.82, 2.24) is 14.9 Å². The Balaban J connectivity index is 1.64. The molecule has 0 saturated heterocycles. The average molecular weight is 567 g/mol. The van der Waals surface area contributed by atoms with Gasteiger partial charge in [0.05, 0.1) is 16.0 Å². The van der Waals surface area contributed by atoms with Crippen LogP contribution >= 0.6 is 0 Å². The lowest BCUT2D eigenvalue weighted by Crippen LogP contribution is -2.57. The first-order valence-electron chi connectivity index (χ1n) is 14.2. The van der Waals surface area contributed by atoms with Crippen LogP contribution in [0.25, 0.3) is 4.91 Å². The Hall–Kier alpha value is -3.01. The van der Waals surface area contributed by atoms with E-state index in [0.717, 1.165) is 30.4 Å². The molecule has 1 spiro atoms. The minimum absolute atomic E-state index is 0.170. The fourth-order valence-electron chi connectivity index (χ4n) is 5.79. The van der Waals surface area contributed by atoms with Gasteiger partial charge in [-0.3, -0.25) is 9.59 Å². The highest BCUT2D eigenvalue weighted by atomic mass is 32.2. The van der Waals surface area contributed by atoms with Gasteiger partial charge in [-0.05, 0) is 69.6 Å². The van der Waals surface area contributed by atoms with Gasteiger partial charge in [0.2, 0.25) is 21.8 Å². The monoisotopic (exact) mass is 566 g/mol. The number of nitrogens with zero attached hydrogens (tertiary/aromatic N) is 1. The van der Waals surface area contributed by atoms with Crippen molar-refractivity contribution in [3.05, 3.63) is 77.4 Å².